The van der Waals surface area contributed by atoms with Crippen LogP contribution in [0.2, 0.25) is 0 Å². The fourth-order valence-corrected chi connectivity index (χ4v) is 3.07. The third-order valence-electron chi connectivity index (χ3n) is 3.83. The Morgan fingerprint density at radius 1 is 1.18 bits per heavy atom. The van der Waals surface area contributed by atoms with Gasteiger partial charge in [0.1, 0.15) is 5.54 Å². The molecule has 2 aliphatic rings. The van der Waals surface area contributed by atoms with Crippen molar-refractivity contribution in [3.63, 3.8) is 0 Å². The Morgan fingerprint density at radius 2 is 1.94 bits per heavy atom. The molecule has 0 radical (unpaired) electrons. The molecular weight excluding hydrogens is 216 g/mol. The van der Waals surface area contributed by atoms with E-state index in [1.807, 2.05) is 30.3 Å². The standard InChI is InChI=1S/C13H14N2O2/c16-11-13(15-12(17)14-11)8-4-7-10(13)9-5-2-1-3-6-9/h1-3,5-6,10H,4,7-8H2,(H2,14,15,16,17)/t10-,13+/m1/s1. The highest BCUT2D eigenvalue weighted by Crippen LogP contribution is 2.44. The average molecular weight is 230 g/mol. The topological polar surface area (TPSA) is 58.2 Å². The lowest BCUT2D eigenvalue weighted by molar-refractivity contribution is -0.124. The first-order valence-corrected chi connectivity index (χ1v) is 5.91. The van der Waals surface area contributed by atoms with Crippen molar-refractivity contribution in [1.82, 2.24) is 10.6 Å². The van der Waals surface area contributed by atoms with E-state index in [0.717, 1.165) is 24.8 Å². The number of carbonyl (C=O) groups is 2. The largest absolute Gasteiger partial charge is 0.323 e. The van der Waals surface area contributed by atoms with Crippen molar-refractivity contribution in [3.8, 4) is 0 Å². The fraction of sp³-hybridized carbons (Fsp3) is 0.385. The molecule has 3 rings (SSSR count). The predicted octanol–water partition coefficient (Wildman–Crippen LogP) is 1.53. The number of amides is 3. The molecule has 17 heavy (non-hydrogen) atoms. The Balaban J connectivity index is 2.00. The molecule has 1 aromatic carbocycles. The van der Waals surface area contributed by atoms with Crippen LogP contribution in [0.4, 0.5) is 4.79 Å². The van der Waals surface area contributed by atoms with Crippen molar-refractivity contribution in [2.24, 2.45) is 0 Å². The molecule has 4 heteroatoms. The molecule has 0 unspecified atom stereocenters. The van der Waals surface area contributed by atoms with Gasteiger partial charge in [-0.3, -0.25) is 10.1 Å². The molecule has 1 saturated heterocycles. The van der Waals surface area contributed by atoms with Gasteiger partial charge in [0.2, 0.25) is 0 Å². The van der Waals surface area contributed by atoms with Gasteiger partial charge < -0.3 is 5.32 Å². The molecule has 88 valence electrons. The van der Waals surface area contributed by atoms with Crippen molar-refractivity contribution in [2.45, 2.75) is 30.7 Å². The molecule has 2 fully saturated rings. The van der Waals surface area contributed by atoms with Gasteiger partial charge in [-0.2, -0.15) is 0 Å². The number of hydrogen-bond donors (Lipinski definition) is 2. The van der Waals surface area contributed by atoms with E-state index in [9.17, 15) is 9.59 Å². The van der Waals surface area contributed by atoms with Gasteiger partial charge in [-0.05, 0) is 24.8 Å². The molecule has 1 saturated carbocycles. The fourth-order valence-electron chi connectivity index (χ4n) is 3.07. The molecule has 3 amide bonds. The normalized spacial score (nSPS) is 31.6. The summed E-state index contributed by atoms with van der Waals surface area (Å²) in [7, 11) is 0. The Labute approximate surface area is 99.4 Å². The van der Waals surface area contributed by atoms with E-state index in [0.29, 0.717) is 0 Å². The van der Waals surface area contributed by atoms with Crippen molar-refractivity contribution >= 4 is 11.9 Å². The van der Waals surface area contributed by atoms with Crippen LogP contribution in [-0.4, -0.2) is 17.5 Å². The zero-order chi connectivity index (χ0) is 11.9. The lowest BCUT2D eigenvalue weighted by Gasteiger charge is -2.28. The maximum Gasteiger partial charge on any atom is 0.322 e. The first kappa shape index (κ1) is 10.3. The third-order valence-corrected chi connectivity index (χ3v) is 3.83. The highest BCUT2D eigenvalue weighted by molar-refractivity contribution is 6.07. The van der Waals surface area contributed by atoms with E-state index in [2.05, 4.69) is 10.6 Å². The maximum absolute atomic E-state index is 12.0. The van der Waals surface area contributed by atoms with Gasteiger partial charge in [-0.25, -0.2) is 4.79 Å². The summed E-state index contributed by atoms with van der Waals surface area (Å²) in [5.74, 6) is -0.0796. The smallest absolute Gasteiger partial charge is 0.322 e. The number of urea groups is 1. The number of imide groups is 1. The summed E-state index contributed by atoms with van der Waals surface area (Å²) in [5, 5.41) is 5.19. The second-order valence-electron chi connectivity index (χ2n) is 4.74. The van der Waals surface area contributed by atoms with Gasteiger partial charge >= 0.3 is 6.03 Å². The van der Waals surface area contributed by atoms with E-state index < -0.39 is 5.54 Å². The summed E-state index contributed by atoms with van der Waals surface area (Å²) in [6.07, 6.45) is 2.63. The molecule has 2 atom stereocenters. The quantitative estimate of drug-likeness (QED) is 0.719. The molecule has 1 aromatic rings. The second-order valence-corrected chi connectivity index (χ2v) is 4.74. The molecule has 1 aliphatic heterocycles. The molecule has 1 spiro atoms. The van der Waals surface area contributed by atoms with Crippen LogP contribution in [0, 0.1) is 0 Å². The summed E-state index contributed by atoms with van der Waals surface area (Å²) in [6, 6.07) is 9.58. The zero-order valence-corrected chi connectivity index (χ0v) is 9.40. The summed E-state index contributed by atoms with van der Waals surface area (Å²) >= 11 is 0. The van der Waals surface area contributed by atoms with Gasteiger partial charge in [-0.1, -0.05) is 30.3 Å². The van der Waals surface area contributed by atoms with Gasteiger partial charge in [0.25, 0.3) is 5.91 Å². The number of benzene rings is 1. The van der Waals surface area contributed by atoms with Crippen LogP contribution in [0.3, 0.4) is 0 Å². The van der Waals surface area contributed by atoms with Crippen LogP contribution in [0.1, 0.15) is 30.7 Å². The zero-order valence-electron chi connectivity index (χ0n) is 9.40. The van der Waals surface area contributed by atoms with Crippen molar-refractivity contribution in [3.05, 3.63) is 35.9 Å². The molecule has 1 aliphatic carbocycles. The third kappa shape index (κ3) is 1.44. The maximum atomic E-state index is 12.0. The molecule has 0 aromatic heterocycles. The van der Waals surface area contributed by atoms with E-state index in [1.54, 1.807) is 0 Å². The predicted molar refractivity (Wildman–Crippen MR) is 62.4 cm³/mol. The van der Waals surface area contributed by atoms with E-state index >= 15 is 0 Å². The number of nitrogens with one attached hydrogen (secondary N) is 2. The number of rotatable bonds is 1. The minimum atomic E-state index is -0.710. The van der Waals surface area contributed by atoms with Crippen molar-refractivity contribution in [2.75, 3.05) is 0 Å². The SMILES string of the molecule is O=C1NC(=O)[C@@]2(CCC[C@@H]2c2ccccc2)N1. The molecule has 2 N–H and O–H groups in total. The number of hydrogen-bond acceptors (Lipinski definition) is 2. The number of carbonyl (C=O) groups excluding carboxylic acids is 2. The van der Waals surface area contributed by atoms with Crippen molar-refractivity contribution < 1.29 is 9.59 Å². The second kappa shape index (κ2) is 3.58. The van der Waals surface area contributed by atoms with E-state index in [1.165, 1.54) is 0 Å². The van der Waals surface area contributed by atoms with Crippen LogP contribution >= 0.6 is 0 Å². The summed E-state index contributed by atoms with van der Waals surface area (Å²) < 4.78 is 0. The first-order valence-electron chi connectivity index (χ1n) is 5.91. The van der Waals surface area contributed by atoms with Crippen LogP contribution in [0.25, 0.3) is 0 Å². The first-order chi connectivity index (χ1) is 8.22. The lowest BCUT2D eigenvalue weighted by Crippen LogP contribution is -2.48. The molecule has 0 bridgehead atoms. The molecule has 1 heterocycles. The van der Waals surface area contributed by atoms with Crippen LogP contribution in [-0.2, 0) is 4.79 Å². The molecular formula is C13H14N2O2. The monoisotopic (exact) mass is 230 g/mol. The van der Waals surface area contributed by atoms with Gasteiger partial charge in [0.05, 0.1) is 0 Å². The minimum absolute atomic E-state index is 0.0927. The summed E-state index contributed by atoms with van der Waals surface area (Å²) in [5.41, 5.74) is 0.417. The Hall–Kier alpha value is -1.84. The minimum Gasteiger partial charge on any atom is -0.323 e. The summed E-state index contributed by atoms with van der Waals surface area (Å²) in [6.45, 7) is 0. The van der Waals surface area contributed by atoms with E-state index in [4.69, 9.17) is 0 Å². The average Bonchev–Trinajstić information content (AvgIpc) is 2.86. The van der Waals surface area contributed by atoms with Crippen LogP contribution in [0.5, 0.6) is 0 Å². The van der Waals surface area contributed by atoms with Crippen LogP contribution in [0.15, 0.2) is 30.3 Å². The van der Waals surface area contributed by atoms with Crippen LogP contribution < -0.4 is 10.6 Å². The van der Waals surface area contributed by atoms with Gasteiger partial charge in [-0.15, -0.1) is 0 Å². The van der Waals surface area contributed by atoms with E-state index in [-0.39, 0.29) is 17.9 Å². The van der Waals surface area contributed by atoms with Gasteiger partial charge in [0, 0.05) is 5.92 Å². The Bertz CT molecular complexity index is 472. The van der Waals surface area contributed by atoms with Gasteiger partial charge in [0.15, 0.2) is 0 Å². The molecule has 4 nitrogen and oxygen atoms in total. The highest BCUT2D eigenvalue weighted by atomic mass is 16.2. The van der Waals surface area contributed by atoms with Crippen molar-refractivity contribution in [1.29, 1.82) is 0 Å². The summed E-state index contributed by atoms with van der Waals surface area (Å²) in [4.78, 5) is 23.3. The highest BCUT2D eigenvalue weighted by Gasteiger charge is 2.54. The Morgan fingerprint density at radius 3 is 2.59 bits per heavy atom. The Kier molecular flexibility index (Phi) is 2.18. The lowest BCUT2D eigenvalue weighted by atomic mass is 9.82.